The minimum Gasteiger partial charge on any atom is -0.444 e. The molecule has 1 heterocycles. The summed E-state index contributed by atoms with van der Waals surface area (Å²) in [5, 5.41) is 6.52. The van der Waals surface area contributed by atoms with Crippen molar-refractivity contribution in [3.63, 3.8) is 0 Å². The van der Waals surface area contributed by atoms with Gasteiger partial charge in [0.05, 0.1) is 24.4 Å². The fourth-order valence-electron chi connectivity index (χ4n) is 2.31. The van der Waals surface area contributed by atoms with E-state index in [1.807, 2.05) is 19.9 Å². The Balaban J connectivity index is 1.85. The molecule has 0 bridgehead atoms. The molecule has 0 unspecified atom stereocenters. The van der Waals surface area contributed by atoms with Gasteiger partial charge in [0.2, 0.25) is 5.89 Å². The average molecular weight is 358 g/mol. The minimum atomic E-state index is -0.142. The summed E-state index contributed by atoms with van der Waals surface area (Å²) in [5.41, 5.74) is 3.11. The lowest BCUT2D eigenvalue weighted by Gasteiger charge is -2.19. The van der Waals surface area contributed by atoms with Crippen molar-refractivity contribution in [3.8, 4) is 0 Å². The Hall–Kier alpha value is -2.34. The number of aryl methyl sites for hydroxylation is 2. The van der Waals surface area contributed by atoms with Crippen LogP contribution in [0.25, 0.3) is 0 Å². The Bertz CT molecular complexity index is 725. The third-order valence-electron chi connectivity index (χ3n) is 3.83. The summed E-state index contributed by atoms with van der Waals surface area (Å²) in [5.74, 6) is 2.21. The molecule has 1 aromatic heterocycles. The first-order valence-electron chi connectivity index (χ1n) is 8.86. The Morgan fingerprint density at radius 1 is 1.15 bits per heavy atom. The first-order valence-corrected chi connectivity index (χ1v) is 8.86. The van der Waals surface area contributed by atoms with Crippen LogP contribution in [0.15, 0.2) is 33.7 Å². The first kappa shape index (κ1) is 20.0. The van der Waals surface area contributed by atoms with Crippen molar-refractivity contribution < 1.29 is 9.15 Å². The Morgan fingerprint density at radius 2 is 1.85 bits per heavy atom. The average Bonchev–Trinajstić information content (AvgIpc) is 2.91. The van der Waals surface area contributed by atoms with Crippen molar-refractivity contribution in [1.82, 2.24) is 15.6 Å². The highest BCUT2D eigenvalue weighted by Crippen LogP contribution is 2.13. The van der Waals surface area contributed by atoms with Gasteiger partial charge in [0.1, 0.15) is 5.76 Å². The first-order chi connectivity index (χ1) is 12.3. The number of nitrogens with zero attached hydrogens (tertiary/aromatic N) is 2. The zero-order chi connectivity index (χ0) is 19.2. The van der Waals surface area contributed by atoms with Crippen LogP contribution in [0.2, 0.25) is 0 Å². The lowest BCUT2D eigenvalue weighted by molar-refractivity contribution is -0.0149. The number of oxazole rings is 1. The van der Waals surface area contributed by atoms with Crippen molar-refractivity contribution in [2.45, 2.75) is 59.9 Å². The summed E-state index contributed by atoms with van der Waals surface area (Å²) in [6.45, 7) is 11.8. The van der Waals surface area contributed by atoms with E-state index >= 15 is 0 Å². The SMILES string of the molecule is CN=C(NCc1cccc(COC(C)(C)C)c1)NCc1nc(C)c(C)o1. The maximum atomic E-state index is 5.84. The van der Waals surface area contributed by atoms with Gasteiger partial charge in [-0.25, -0.2) is 4.98 Å². The van der Waals surface area contributed by atoms with Gasteiger partial charge in [0.25, 0.3) is 0 Å². The number of ether oxygens (including phenoxy) is 1. The molecule has 0 radical (unpaired) electrons. The third-order valence-corrected chi connectivity index (χ3v) is 3.83. The van der Waals surface area contributed by atoms with E-state index in [9.17, 15) is 0 Å². The van der Waals surface area contributed by atoms with Gasteiger partial charge in [-0.1, -0.05) is 24.3 Å². The summed E-state index contributed by atoms with van der Waals surface area (Å²) >= 11 is 0. The van der Waals surface area contributed by atoms with Gasteiger partial charge in [-0.2, -0.15) is 0 Å². The molecule has 0 fully saturated rings. The van der Waals surface area contributed by atoms with Gasteiger partial charge >= 0.3 is 0 Å². The van der Waals surface area contributed by atoms with Crippen LogP contribution < -0.4 is 10.6 Å². The number of hydrogen-bond acceptors (Lipinski definition) is 4. The van der Waals surface area contributed by atoms with Crippen molar-refractivity contribution >= 4 is 5.96 Å². The molecule has 0 saturated heterocycles. The number of benzene rings is 1. The second-order valence-electron chi connectivity index (χ2n) is 7.25. The van der Waals surface area contributed by atoms with Crippen LogP contribution in [-0.4, -0.2) is 23.6 Å². The number of nitrogens with one attached hydrogen (secondary N) is 2. The normalized spacial score (nSPS) is 12.3. The summed E-state index contributed by atoms with van der Waals surface area (Å²) in [7, 11) is 1.75. The molecule has 0 atom stereocenters. The zero-order valence-electron chi connectivity index (χ0n) is 16.6. The molecule has 0 aliphatic carbocycles. The smallest absolute Gasteiger partial charge is 0.214 e. The van der Waals surface area contributed by atoms with E-state index in [1.54, 1.807) is 7.05 Å². The minimum absolute atomic E-state index is 0.142. The fourth-order valence-corrected chi connectivity index (χ4v) is 2.31. The number of guanidine groups is 1. The van der Waals surface area contributed by atoms with Gasteiger partial charge < -0.3 is 19.8 Å². The van der Waals surface area contributed by atoms with E-state index < -0.39 is 0 Å². The highest BCUT2D eigenvalue weighted by Gasteiger charge is 2.10. The number of aromatic nitrogens is 1. The predicted molar refractivity (Wildman–Crippen MR) is 104 cm³/mol. The Morgan fingerprint density at radius 3 is 2.46 bits per heavy atom. The maximum absolute atomic E-state index is 5.84. The van der Waals surface area contributed by atoms with Gasteiger partial charge in [-0.15, -0.1) is 0 Å². The molecule has 1 aromatic carbocycles. The van der Waals surface area contributed by atoms with Crippen LogP contribution in [-0.2, 0) is 24.4 Å². The highest BCUT2D eigenvalue weighted by atomic mass is 16.5. The molecule has 142 valence electrons. The zero-order valence-corrected chi connectivity index (χ0v) is 16.6. The molecular weight excluding hydrogens is 328 g/mol. The van der Waals surface area contributed by atoms with Crippen molar-refractivity contribution in [2.75, 3.05) is 7.05 Å². The van der Waals surface area contributed by atoms with E-state index in [1.165, 1.54) is 5.56 Å². The largest absolute Gasteiger partial charge is 0.444 e. The predicted octanol–water partition coefficient (Wildman–Crippen LogP) is 3.47. The summed E-state index contributed by atoms with van der Waals surface area (Å²) in [6, 6.07) is 8.36. The molecule has 2 rings (SSSR count). The molecule has 0 aliphatic rings. The van der Waals surface area contributed by atoms with Crippen LogP contribution in [0.4, 0.5) is 0 Å². The van der Waals surface area contributed by atoms with E-state index in [-0.39, 0.29) is 5.60 Å². The van der Waals surface area contributed by atoms with E-state index in [4.69, 9.17) is 9.15 Å². The summed E-state index contributed by atoms with van der Waals surface area (Å²) in [6.07, 6.45) is 0. The molecule has 0 saturated carbocycles. The molecule has 26 heavy (non-hydrogen) atoms. The number of rotatable bonds is 6. The lowest BCUT2D eigenvalue weighted by atomic mass is 10.1. The van der Waals surface area contributed by atoms with Gasteiger partial charge in [0.15, 0.2) is 5.96 Å². The summed E-state index contributed by atoms with van der Waals surface area (Å²) in [4.78, 5) is 8.60. The molecular formula is C20H30N4O2. The van der Waals surface area contributed by atoms with Crippen LogP contribution in [0.1, 0.15) is 49.2 Å². The molecule has 0 aliphatic heterocycles. The van der Waals surface area contributed by atoms with E-state index in [2.05, 4.69) is 59.6 Å². The van der Waals surface area contributed by atoms with E-state index in [0.717, 1.165) is 17.0 Å². The molecule has 0 spiro atoms. The molecule has 6 nitrogen and oxygen atoms in total. The quantitative estimate of drug-likeness (QED) is 0.611. The number of aliphatic imine (C=N–C) groups is 1. The van der Waals surface area contributed by atoms with Crippen LogP contribution >= 0.6 is 0 Å². The number of hydrogen-bond donors (Lipinski definition) is 2. The van der Waals surface area contributed by atoms with Crippen LogP contribution in [0.3, 0.4) is 0 Å². The fraction of sp³-hybridized carbons (Fsp3) is 0.500. The summed E-state index contributed by atoms with van der Waals surface area (Å²) < 4.78 is 11.4. The topological polar surface area (TPSA) is 71.7 Å². The second-order valence-corrected chi connectivity index (χ2v) is 7.25. The van der Waals surface area contributed by atoms with Gasteiger partial charge in [-0.05, 0) is 45.7 Å². The van der Waals surface area contributed by atoms with Crippen molar-refractivity contribution in [1.29, 1.82) is 0 Å². The van der Waals surface area contributed by atoms with Crippen molar-refractivity contribution in [2.24, 2.45) is 4.99 Å². The maximum Gasteiger partial charge on any atom is 0.214 e. The lowest BCUT2D eigenvalue weighted by Crippen LogP contribution is -2.36. The second kappa shape index (κ2) is 8.85. The Kier molecular flexibility index (Phi) is 6.80. The monoisotopic (exact) mass is 358 g/mol. The standard InChI is InChI=1S/C20H30N4O2/c1-14-15(2)26-18(24-14)12-23-19(21-6)22-11-16-8-7-9-17(10-16)13-25-20(3,4)5/h7-10H,11-13H2,1-6H3,(H2,21,22,23). The molecule has 2 aromatic rings. The van der Waals surface area contributed by atoms with Crippen molar-refractivity contribution in [3.05, 3.63) is 52.7 Å². The molecule has 0 amide bonds. The van der Waals surface area contributed by atoms with E-state index in [0.29, 0.717) is 31.5 Å². The third kappa shape index (κ3) is 6.52. The van der Waals surface area contributed by atoms with Crippen LogP contribution in [0, 0.1) is 13.8 Å². The molecule has 6 heteroatoms. The highest BCUT2D eigenvalue weighted by molar-refractivity contribution is 5.79. The van der Waals surface area contributed by atoms with Gasteiger partial charge in [-0.3, -0.25) is 4.99 Å². The van der Waals surface area contributed by atoms with Gasteiger partial charge in [0, 0.05) is 13.6 Å². The van der Waals surface area contributed by atoms with Crippen LogP contribution in [0.5, 0.6) is 0 Å². The molecule has 2 N–H and O–H groups in total. The Labute approximate surface area is 156 Å².